The number of benzene rings is 2. The van der Waals surface area contributed by atoms with E-state index in [-0.39, 0.29) is 0 Å². The van der Waals surface area contributed by atoms with Crippen LogP contribution in [0.5, 0.6) is 0 Å². The summed E-state index contributed by atoms with van der Waals surface area (Å²) >= 11 is 11.9. The molecule has 0 aromatic heterocycles. The third-order valence-corrected chi connectivity index (χ3v) is 4.05. The molecule has 0 saturated heterocycles. The number of para-hydroxylation sites is 1. The topological polar surface area (TPSA) is 70.6 Å². The molecule has 0 heterocycles. The van der Waals surface area contributed by atoms with Gasteiger partial charge in [-0.15, -0.1) is 0 Å². The van der Waals surface area contributed by atoms with Crippen LogP contribution in [0.2, 0.25) is 10.0 Å². The first-order valence-electron chi connectivity index (χ1n) is 7.61. The van der Waals surface area contributed by atoms with Gasteiger partial charge >= 0.3 is 11.8 Å². The lowest BCUT2D eigenvalue weighted by Crippen LogP contribution is -2.33. The smallest absolute Gasteiger partial charge is 0.317 e. The molecular formula is C18H17Cl2N3O2. The first kappa shape index (κ1) is 19.0. The normalized spacial score (nSPS) is 11.1. The van der Waals surface area contributed by atoms with Crippen LogP contribution in [0.3, 0.4) is 0 Å². The van der Waals surface area contributed by atoms with Gasteiger partial charge in [0.1, 0.15) is 0 Å². The largest absolute Gasteiger partial charge is 0.329 e. The number of amides is 2. The Morgan fingerprint density at radius 2 is 1.80 bits per heavy atom. The number of hydrazone groups is 1. The average molecular weight is 378 g/mol. The summed E-state index contributed by atoms with van der Waals surface area (Å²) in [6.45, 7) is 3.63. The number of nitrogens with one attached hydrogen (secondary N) is 2. The molecule has 25 heavy (non-hydrogen) atoms. The van der Waals surface area contributed by atoms with E-state index in [1.807, 2.05) is 19.1 Å². The number of rotatable bonds is 4. The lowest BCUT2D eigenvalue weighted by atomic mass is 10.1. The van der Waals surface area contributed by atoms with Crippen molar-refractivity contribution in [2.24, 2.45) is 5.10 Å². The number of nitrogens with zero attached hydrogens (tertiary/aromatic N) is 1. The molecule has 2 amide bonds. The van der Waals surface area contributed by atoms with Crippen LogP contribution in [-0.4, -0.2) is 17.5 Å². The maximum atomic E-state index is 12.0. The summed E-state index contributed by atoms with van der Waals surface area (Å²) in [6, 6.07) is 12.2. The molecule has 7 heteroatoms. The molecule has 0 aliphatic heterocycles. The maximum absolute atomic E-state index is 12.0. The van der Waals surface area contributed by atoms with E-state index >= 15 is 0 Å². The van der Waals surface area contributed by atoms with E-state index in [9.17, 15) is 9.59 Å². The molecule has 2 aromatic rings. The van der Waals surface area contributed by atoms with Gasteiger partial charge in [-0.05, 0) is 37.1 Å². The van der Waals surface area contributed by atoms with Crippen molar-refractivity contribution in [3.8, 4) is 0 Å². The monoisotopic (exact) mass is 377 g/mol. The first-order chi connectivity index (χ1) is 11.9. The van der Waals surface area contributed by atoms with Gasteiger partial charge in [0.25, 0.3) is 0 Å². The van der Waals surface area contributed by atoms with Crippen molar-refractivity contribution in [2.75, 3.05) is 5.32 Å². The molecule has 0 unspecified atom stereocenters. The van der Waals surface area contributed by atoms with Crippen molar-refractivity contribution in [1.82, 2.24) is 5.43 Å². The number of aryl methyl sites for hydroxylation is 1. The zero-order valence-corrected chi connectivity index (χ0v) is 15.3. The molecule has 0 saturated carbocycles. The molecule has 0 fully saturated rings. The Morgan fingerprint density at radius 1 is 1.08 bits per heavy atom. The predicted molar refractivity (Wildman–Crippen MR) is 101 cm³/mol. The number of hydrogen-bond acceptors (Lipinski definition) is 3. The van der Waals surface area contributed by atoms with Crippen molar-refractivity contribution < 1.29 is 9.59 Å². The van der Waals surface area contributed by atoms with Crippen LogP contribution in [0.15, 0.2) is 47.6 Å². The highest BCUT2D eigenvalue weighted by Crippen LogP contribution is 2.21. The van der Waals surface area contributed by atoms with Gasteiger partial charge in [0.15, 0.2) is 0 Å². The maximum Gasteiger partial charge on any atom is 0.329 e. The fourth-order valence-corrected chi connectivity index (χ4v) is 2.70. The fourth-order valence-electron chi connectivity index (χ4n) is 2.16. The molecule has 2 aromatic carbocycles. The Hall–Kier alpha value is -2.37. The molecule has 0 aliphatic carbocycles. The quantitative estimate of drug-likeness (QED) is 0.479. The Kier molecular flexibility index (Phi) is 6.56. The van der Waals surface area contributed by atoms with Gasteiger partial charge in [-0.25, -0.2) is 5.43 Å². The van der Waals surface area contributed by atoms with Crippen LogP contribution >= 0.6 is 23.2 Å². The van der Waals surface area contributed by atoms with E-state index in [0.717, 1.165) is 12.0 Å². The van der Waals surface area contributed by atoms with Gasteiger partial charge in [-0.3, -0.25) is 9.59 Å². The van der Waals surface area contributed by atoms with Crippen LogP contribution in [0.1, 0.15) is 25.0 Å². The number of anilines is 1. The van der Waals surface area contributed by atoms with Gasteiger partial charge in [0, 0.05) is 16.3 Å². The third-order valence-electron chi connectivity index (χ3n) is 3.50. The number of hydrogen-bond donors (Lipinski definition) is 2. The van der Waals surface area contributed by atoms with Crippen molar-refractivity contribution in [3.63, 3.8) is 0 Å². The average Bonchev–Trinajstić information content (AvgIpc) is 2.59. The van der Waals surface area contributed by atoms with Gasteiger partial charge in [-0.1, -0.05) is 54.4 Å². The first-order valence-corrected chi connectivity index (χ1v) is 8.37. The zero-order valence-electron chi connectivity index (χ0n) is 13.8. The zero-order chi connectivity index (χ0) is 18.4. The molecule has 0 bridgehead atoms. The summed E-state index contributed by atoms with van der Waals surface area (Å²) in [5.41, 5.74) is 4.84. The van der Waals surface area contributed by atoms with E-state index in [1.54, 1.807) is 37.3 Å². The second-order valence-electron chi connectivity index (χ2n) is 5.23. The number of halogens is 2. The van der Waals surface area contributed by atoms with E-state index in [4.69, 9.17) is 23.2 Å². The van der Waals surface area contributed by atoms with E-state index in [0.29, 0.717) is 27.0 Å². The van der Waals surface area contributed by atoms with E-state index in [1.165, 1.54) is 0 Å². The van der Waals surface area contributed by atoms with Crippen LogP contribution in [0.4, 0.5) is 5.69 Å². The van der Waals surface area contributed by atoms with Gasteiger partial charge in [-0.2, -0.15) is 5.10 Å². The highest BCUT2D eigenvalue weighted by molar-refractivity contribution is 6.40. The van der Waals surface area contributed by atoms with Gasteiger partial charge in [0.2, 0.25) is 0 Å². The lowest BCUT2D eigenvalue weighted by Gasteiger charge is -2.09. The number of carbonyl (C=O) groups is 2. The fraction of sp³-hybridized carbons (Fsp3) is 0.167. The summed E-state index contributed by atoms with van der Waals surface area (Å²) < 4.78 is 0. The summed E-state index contributed by atoms with van der Waals surface area (Å²) in [7, 11) is 0. The summed E-state index contributed by atoms with van der Waals surface area (Å²) in [4.78, 5) is 23.9. The minimum absolute atomic E-state index is 0.407. The van der Waals surface area contributed by atoms with Crippen LogP contribution in [-0.2, 0) is 16.0 Å². The van der Waals surface area contributed by atoms with Gasteiger partial charge in [0.05, 0.1) is 10.7 Å². The van der Waals surface area contributed by atoms with E-state index in [2.05, 4.69) is 15.8 Å². The number of carbonyl (C=O) groups excluding carboxylic acids is 2. The van der Waals surface area contributed by atoms with E-state index < -0.39 is 11.8 Å². The minimum atomic E-state index is -0.865. The SMILES string of the molecule is CCc1ccccc1NC(=O)C(=O)N/N=C(\C)c1ccc(Cl)cc1Cl. The van der Waals surface area contributed by atoms with Crippen LogP contribution in [0, 0.1) is 0 Å². The molecule has 0 atom stereocenters. The third kappa shape index (κ3) is 5.05. The Morgan fingerprint density at radius 3 is 2.48 bits per heavy atom. The molecule has 2 N–H and O–H groups in total. The highest BCUT2D eigenvalue weighted by Gasteiger charge is 2.15. The van der Waals surface area contributed by atoms with Crippen molar-refractivity contribution in [2.45, 2.75) is 20.3 Å². The van der Waals surface area contributed by atoms with Crippen LogP contribution in [0.25, 0.3) is 0 Å². The summed E-state index contributed by atoms with van der Waals surface area (Å²) in [5, 5.41) is 7.41. The summed E-state index contributed by atoms with van der Waals surface area (Å²) in [6.07, 6.45) is 0.740. The standard InChI is InChI=1S/C18H17Cl2N3O2/c1-3-12-6-4-5-7-16(12)21-17(24)18(25)23-22-11(2)14-9-8-13(19)10-15(14)20/h4-10H,3H2,1-2H3,(H,21,24)(H,23,25)/b22-11+. The molecule has 0 radical (unpaired) electrons. The van der Waals surface area contributed by atoms with Crippen molar-refractivity contribution >= 4 is 46.4 Å². The minimum Gasteiger partial charge on any atom is -0.317 e. The summed E-state index contributed by atoms with van der Waals surface area (Å²) in [5.74, 6) is -1.66. The molecule has 5 nitrogen and oxygen atoms in total. The Balaban J connectivity index is 2.04. The second-order valence-corrected chi connectivity index (χ2v) is 6.07. The van der Waals surface area contributed by atoms with Crippen molar-refractivity contribution in [1.29, 1.82) is 0 Å². The van der Waals surface area contributed by atoms with Gasteiger partial charge < -0.3 is 5.32 Å². The Labute approximate surface area is 156 Å². The molecule has 130 valence electrons. The van der Waals surface area contributed by atoms with Crippen LogP contribution < -0.4 is 10.7 Å². The Bertz CT molecular complexity index is 835. The predicted octanol–water partition coefficient (Wildman–Crippen LogP) is 4.03. The second kappa shape index (κ2) is 8.65. The molecule has 0 spiro atoms. The molecule has 0 aliphatic rings. The lowest BCUT2D eigenvalue weighted by molar-refractivity contribution is -0.136. The molecular weight excluding hydrogens is 361 g/mol. The van der Waals surface area contributed by atoms with Crippen molar-refractivity contribution in [3.05, 3.63) is 63.6 Å². The molecule has 2 rings (SSSR count). The highest BCUT2D eigenvalue weighted by atomic mass is 35.5.